The molecule has 0 unspecified atom stereocenters. The van der Waals surface area contributed by atoms with E-state index in [1.165, 1.54) is 12.3 Å². The first-order valence-electron chi connectivity index (χ1n) is 5.58. The zero-order valence-electron chi connectivity index (χ0n) is 10.7. The Bertz CT molecular complexity index is 766. The number of hydrogen-bond acceptors (Lipinski definition) is 5. The van der Waals surface area contributed by atoms with E-state index in [0.29, 0.717) is 16.8 Å². The molecular weight excluding hydrogens is 300 g/mol. The van der Waals surface area contributed by atoms with Gasteiger partial charge < -0.3 is 5.11 Å². The summed E-state index contributed by atoms with van der Waals surface area (Å²) in [6.07, 6.45) is 3.02. The molecule has 2 rings (SSSR count). The Labute approximate surface area is 120 Å². The van der Waals surface area contributed by atoms with Crippen LogP contribution in [-0.2, 0) is 10.0 Å². The molecule has 6 nitrogen and oxygen atoms in total. The van der Waals surface area contributed by atoms with Gasteiger partial charge in [0, 0.05) is 12.4 Å². The fraction of sp³-hybridized carbons (Fsp3) is 0.167. The molecule has 0 aromatic carbocycles. The highest BCUT2D eigenvalue weighted by Crippen LogP contribution is 2.28. The third kappa shape index (κ3) is 2.81. The molecule has 106 valence electrons. The Hall–Kier alpha value is -1.93. The molecule has 0 aliphatic carbocycles. The van der Waals surface area contributed by atoms with Gasteiger partial charge in [-0.05, 0) is 37.1 Å². The van der Waals surface area contributed by atoms with Crippen LogP contribution in [0.25, 0.3) is 0 Å². The van der Waals surface area contributed by atoms with Gasteiger partial charge in [0.1, 0.15) is 9.09 Å². The van der Waals surface area contributed by atoms with E-state index in [4.69, 9.17) is 5.11 Å². The smallest absolute Gasteiger partial charge is 0.346 e. The summed E-state index contributed by atoms with van der Waals surface area (Å²) in [4.78, 5) is 14.9. The number of anilines is 1. The molecule has 0 fully saturated rings. The third-order valence-electron chi connectivity index (χ3n) is 2.62. The van der Waals surface area contributed by atoms with Crippen molar-refractivity contribution in [3.05, 3.63) is 40.5 Å². The lowest BCUT2D eigenvalue weighted by Crippen LogP contribution is -2.12. The van der Waals surface area contributed by atoms with E-state index in [9.17, 15) is 13.2 Å². The second kappa shape index (κ2) is 5.22. The number of sulfonamides is 1. The minimum Gasteiger partial charge on any atom is -0.477 e. The van der Waals surface area contributed by atoms with Crippen LogP contribution < -0.4 is 4.72 Å². The first kappa shape index (κ1) is 14.5. The van der Waals surface area contributed by atoms with Gasteiger partial charge in [-0.2, -0.15) is 0 Å². The highest BCUT2D eigenvalue weighted by atomic mass is 32.2. The standard InChI is InChI=1S/C12H12N2O4S2/c1-7-5-10(19-11(7)12(15)16)20(17,18)14-9-3-4-13-6-8(9)2/h3-6H,1-2H3,(H,13,14)(H,15,16). The topological polar surface area (TPSA) is 96.4 Å². The quantitative estimate of drug-likeness (QED) is 0.902. The molecule has 2 aromatic heterocycles. The molecule has 0 saturated heterocycles. The molecule has 8 heteroatoms. The Morgan fingerprint density at radius 1 is 1.35 bits per heavy atom. The third-order valence-corrected chi connectivity index (χ3v) is 5.68. The molecule has 0 bridgehead atoms. The summed E-state index contributed by atoms with van der Waals surface area (Å²) < 4.78 is 26.9. The number of aromatic nitrogens is 1. The number of nitrogens with one attached hydrogen (secondary N) is 1. The van der Waals surface area contributed by atoms with Crippen LogP contribution in [0.1, 0.15) is 20.8 Å². The van der Waals surface area contributed by atoms with Crippen molar-refractivity contribution in [1.82, 2.24) is 4.98 Å². The Morgan fingerprint density at radius 3 is 2.60 bits per heavy atom. The van der Waals surface area contributed by atoms with Crippen molar-refractivity contribution in [2.75, 3.05) is 4.72 Å². The largest absolute Gasteiger partial charge is 0.477 e. The first-order valence-corrected chi connectivity index (χ1v) is 7.88. The molecule has 0 atom stereocenters. The molecule has 2 N–H and O–H groups in total. The SMILES string of the molecule is Cc1cnccc1NS(=O)(=O)c1cc(C)c(C(=O)O)s1. The normalized spacial score (nSPS) is 11.3. The van der Waals surface area contributed by atoms with Crippen LogP contribution in [0.4, 0.5) is 5.69 Å². The minimum absolute atomic E-state index is 0.0244. The van der Waals surface area contributed by atoms with Gasteiger partial charge in [0.15, 0.2) is 0 Å². The Kier molecular flexibility index (Phi) is 3.78. The van der Waals surface area contributed by atoms with Crippen LogP contribution in [0.3, 0.4) is 0 Å². The van der Waals surface area contributed by atoms with E-state index in [1.54, 1.807) is 26.1 Å². The number of pyridine rings is 1. The van der Waals surface area contributed by atoms with Crippen molar-refractivity contribution in [2.24, 2.45) is 0 Å². The average Bonchev–Trinajstić information content (AvgIpc) is 2.75. The van der Waals surface area contributed by atoms with Crippen LogP contribution >= 0.6 is 11.3 Å². The highest BCUT2D eigenvalue weighted by Gasteiger charge is 2.22. The number of aryl methyl sites for hydroxylation is 2. The first-order chi connectivity index (χ1) is 9.31. The van der Waals surface area contributed by atoms with E-state index in [2.05, 4.69) is 9.71 Å². The number of carboxylic acids is 1. The number of aromatic carboxylic acids is 1. The summed E-state index contributed by atoms with van der Waals surface area (Å²) in [5.74, 6) is -1.13. The summed E-state index contributed by atoms with van der Waals surface area (Å²) in [5, 5.41) is 8.97. The van der Waals surface area contributed by atoms with E-state index in [0.717, 1.165) is 11.3 Å². The lowest BCUT2D eigenvalue weighted by Gasteiger charge is -2.08. The van der Waals surface area contributed by atoms with Crippen molar-refractivity contribution in [3.63, 3.8) is 0 Å². The fourth-order valence-electron chi connectivity index (χ4n) is 1.58. The fourth-order valence-corrected chi connectivity index (χ4v) is 4.09. The van der Waals surface area contributed by atoms with Gasteiger partial charge in [-0.1, -0.05) is 0 Å². The van der Waals surface area contributed by atoms with Gasteiger partial charge >= 0.3 is 5.97 Å². The zero-order chi connectivity index (χ0) is 14.9. The van der Waals surface area contributed by atoms with Gasteiger partial charge in [0.05, 0.1) is 5.69 Å². The Morgan fingerprint density at radius 2 is 2.05 bits per heavy atom. The van der Waals surface area contributed by atoms with Crippen LogP contribution in [-0.4, -0.2) is 24.5 Å². The molecule has 0 aliphatic rings. The average molecular weight is 312 g/mol. The maximum absolute atomic E-state index is 12.2. The highest BCUT2D eigenvalue weighted by molar-refractivity contribution is 7.94. The van der Waals surface area contributed by atoms with Crippen LogP contribution in [0, 0.1) is 13.8 Å². The van der Waals surface area contributed by atoms with Gasteiger partial charge in [-0.3, -0.25) is 9.71 Å². The van der Waals surface area contributed by atoms with Crippen LogP contribution in [0.2, 0.25) is 0 Å². The lowest BCUT2D eigenvalue weighted by molar-refractivity contribution is 0.0701. The molecule has 2 heterocycles. The summed E-state index contributed by atoms with van der Waals surface area (Å²) in [5.41, 5.74) is 1.53. The van der Waals surface area contributed by atoms with Crippen LogP contribution in [0.15, 0.2) is 28.7 Å². The Balaban J connectivity index is 2.39. The minimum atomic E-state index is -3.79. The number of carboxylic acid groups (broad SMARTS) is 1. The van der Waals surface area contributed by atoms with Gasteiger partial charge in [0.2, 0.25) is 0 Å². The summed E-state index contributed by atoms with van der Waals surface area (Å²) in [6, 6.07) is 2.90. The lowest BCUT2D eigenvalue weighted by atomic mass is 10.3. The number of nitrogens with zero attached hydrogens (tertiary/aromatic N) is 1. The molecule has 0 saturated carbocycles. The number of rotatable bonds is 4. The van der Waals surface area contributed by atoms with E-state index in [1.807, 2.05) is 0 Å². The molecule has 0 aliphatic heterocycles. The van der Waals surface area contributed by atoms with Crippen LogP contribution in [0.5, 0.6) is 0 Å². The van der Waals surface area contributed by atoms with Crippen molar-refractivity contribution < 1.29 is 18.3 Å². The summed E-state index contributed by atoms with van der Waals surface area (Å²) in [6.45, 7) is 3.30. The predicted molar refractivity (Wildman–Crippen MR) is 75.8 cm³/mol. The predicted octanol–water partition coefficient (Wildman–Crippen LogP) is 2.26. The second-order valence-corrected chi connectivity index (χ2v) is 7.14. The van der Waals surface area contributed by atoms with Crippen molar-refractivity contribution >= 4 is 33.0 Å². The van der Waals surface area contributed by atoms with Gasteiger partial charge in [-0.15, -0.1) is 11.3 Å². The molecule has 2 aromatic rings. The zero-order valence-corrected chi connectivity index (χ0v) is 12.4. The van der Waals surface area contributed by atoms with E-state index in [-0.39, 0.29) is 9.09 Å². The number of thiophene rings is 1. The van der Waals surface area contributed by atoms with Crippen molar-refractivity contribution in [3.8, 4) is 0 Å². The molecule has 0 radical (unpaired) electrons. The maximum atomic E-state index is 12.2. The maximum Gasteiger partial charge on any atom is 0.346 e. The van der Waals surface area contributed by atoms with E-state index < -0.39 is 16.0 Å². The molecular formula is C12H12N2O4S2. The van der Waals surface area contributed by atoms with Gasteiger partial charge in [-0.25, -0.2) is 13.2 Å². The second-order valence-electron chi connectivity index (χ2n) is 4.18. The van der Waals surface area contributed by atoms with E-state index >= 15 is 0 Å². The summed E-state index contributed by atoms with van der Waals surface area (Å²) in [7, 11) is -3.79. The monoisotopic (exact) mass is 312 g/mol. The molecule has 0 spiro atoms. The van der Waals surface area contributed by atoms with Crippen molar-refractivity contribution in [1.29, 1.82) is 0 Å². The number of hydrogen-bond donors (Lipinski definition) is 2. The molecule has 0 amide bonds. The summed E-state index contributed by atoms with van der Waals surface area (Å²) >= 11 is 0.734. The molecule has 20 heavy (non-hydrogen) atoms. The van der Waals surface area contributed by atoms with Gasteiger partial charge in [0.25, 0.3) is 10.0 Å². The number of carbonyl (C=O) groups is 1. The van der Waals surface area contributed by atoms with Crippen molar-refractivity contribution in [2.45, 2.75) is 18.1 Å².